The van der Waals surface area contributed by atoms with Crippen LogP contribution in [0.15, 0.2) is 18.2 Å². The van der Waals surface area contributed by atoms with Crippen LogP contribution < -0.4 is 5.32 Å². The van der Waals surface area contributed by atoms with E-state index in [0.717, 1.165) is 18.4 Å². The molecule has 1 aliphatic carbocycles. The second-order valence-corrected chi connectivity index (χ2v) is 4.55. The lowest BCUT2D eigenvalue weighted by Gasteiger charge is -2.34. The van der Waals surface area contributed by atoms with Gasteiger partial charge in [0.25, 0.3) is 0 Å². The highest BCUT2D eigenvalue weighted by atomic mass is 35.5. The number of methoxy groups -OCH3 is 1. The number of hydrogen-bond acceptors (Lipinski definition) is 3. The Kier molecular flexibility index (Phi) is 3.69. The van der Waals surface area contributed by atoms with Gasteiger partial charge in [-0.1, -0.05) is 17.7 Å². The Labute approximate surface area is 100 Å². The molecule has 1 aromatic rings. The summed E-state index contributed by atoms with van der Waals surface area (Å²) in [6.45, 7) is 0.604. The summed E-state index contributed by atoms with van der Waals surface area (Å²) in [5.74, 6) is 0.252. The van der Waals surface area contributed by atoms with Crippen molar-refractivity contribution in [2.24, 2.45) is 0 Å². The highest BCUT2D eigenvalue weighted by molar-refractivity contribution is 6.31. The van der Waals surface area contributed by atoms with Crippen molar-refractivity contribution in [1.29, 1.82) is 0 Å². The minimum absolute atomic E-state index is 0.252. The molecule has 4 heteroatoms. The van der Waals surface area contributed by atoms with Crippen LogP contribution in [0, 0.1) is 0 Å². The van der Waals surface area contributed by atoms with Gasteiger partial charge in [-0.25, -0.2) is 0 Å². The molecule has 1 fully saturated rings. The van der Waals surface area contributed by atoms with E-state index in [1.165, 1.54) is 0 Å². The second-order valence-electron chi connectivity index (χ2n) is 4.14. The molecule has 0 heterocycles. The lowest BCUT2D eigenvalue weighted by molar-refractivity contribution is 0.0169. The molecule has 16 heavy (non-hydrogen) atoms. The molecule has 1 aromatic carbocycles. The molecule has 0 unspecified atom stereocenters. The summed E-state index contributed by atoms with van der Waals surface area (Å²) in [5, 5.41) is 13.6. The van der Waals surface area contributed by atoms with E-state index in [-0.39, 0.29) is 5.75 Å². The van der Waals surface area contributed by atoms with E-state index in [0.29, 0.717) is 23.7 Å². The van der Waals surface area contributed by atoms with Crippen LogP contribution in [0.25, 0.3) is 0 Å². The fourth-order valence-electron chi connectivity index (χ4n) is 1.89. The van der Waals surface area contributed by atoms with Crippen molar-refractivity contribution in [2.75, 3.05) is 7.11 Å². The number of nitrogens with one attached hydrogen (secondary N) is 1. The Morgan fingerprint density at radius 1 is 1.50 bits per heavy atom. The molecule has 1 aliphatic rings. The number of halogens is 1. The van der Waals surface area contributed by atoms with Crippen molar-refractivity contribution in [1.82, 2.24) is 5.32 Å². The fraction of sp³-hybridized carbons (Fsp3) is 0.500. The van der Waals surface area contributed by atoms with Gasteiger partial charge in [-0.2, -0.15) is 0 Å². The third-order valence-corrected chi connectivity index (χ3v) is 3.44. The van der Waals surface area contributed by atoms with E-state index >= 15 is 0 Å². The summed E-state index contributed by atoms with van der Waals surface area (Å²) in [6.07, 6.45) is 2.45. The molecule has 0 aromatic heterocycles. The van der Waals surface area contributed by atoms with E-state index in [1.807, 2.05) is 0 Å². The second kappa shape index (κ2) is 5.04. The first-order chi connectivity index (χ1) is 7.70. The molecule has 2 N–H and O–H groups in total. The number of aromatic hydroxyl groups is 1. The van der Waals surface area contributed by atoms with Gasteiger partial charge in [-0.05, 0) is 25.0 Å². The Balaban J connectivity index is 1.86. The van der Waals surface area contributed by atoms with Gasteiger partial charge in [-0.15, -0.1) is 0 Å². The van der Waals surface area contributed by atoms with E-state index in [9.17, 15) is 5.11 Å². The third-order valence-electron chi connectivity index (χ3n) is 3.09. The normalized spacial score (nSPS) is 24.1. The predicted octanol–water partition coefficient (Wildman–Crippen LogP) is 2.31. The maximum atomic E-state index is 9.64. The molecule has 0 aliphatic heterocycles. The van der Waals surface area contributed by atoms with E-state index in [2.05, 4.69) is 5.32 Å². The first-order valence-electron chi connectivity index (χ1n) is 5.43. The first-order valence-corrected chi connectivity index (χ1v) is 5.81. The topological polar surface area (TPSA) is 41.5 Å². The van der Waals surface area contributed by atoms with Gasteiger partial charge >= 0.3 is 0 Å². The Hall–Kier alpha value is -0.770. The third kappa shape index (κ3) is 2.48. The largest absolute Gasteiger partial charge is 0.508 e. The van der Waals surface area contributed by atoms with Gasteiger partial charge in [0.2, 0.25) is 0 Å². The van der Waals surface area contributed by atoms with Crippen LogP contribution in [-0.2, 0) is 11.3 Å². The lowest BCUT2D eigenvalue weighted by Crippen LogP contribution is -2.44. The number of benzene rings is 1. The monoisotopic (exact) mass is 241 g/mol. The van der Waals surface area contributed by atoms with Crippen molar-refractivity contribution in [3.63, 3.8) is 0 Å². The summed E-state index contributed by atoms with van der Waals surface area (Å²) < 4.78 is 5.20. The summed E-state index contributed by atoms with van der Waals surface area (Å²) in [5.41, 5.74) is 0.769. The van der Waals surface area contributed by atoms with Crippen molar-refractivity contribution in [2.45, 2.75) is 31.5 Å². The average Bonchev–Trinajstić information content (AvgIpc) is 2.19. The smallest absolute Gasteiger partial charge is 0.121 e. The van der Waals surface area contributed by atoms with Crippen LogP contribution in [0.1, 0.15) is 18.4 Å². The number of rotatable bonds is 4. The zero-order valence-electron chi connectivity index (χ0n) is 9.24. The lowest BCUT2D eigenvalue weighted by atomic mass is 9.89. The van der Waals surface area contributed by atoms with Gasteiger partial charge in [-0.3, -0.25) is 0 Å². The van der Waals surface area contributed by atoms with Crippen molar-refractivity contribution >= 4 is 11.6 Å². The molecule has 2 rings (SSSR count). The number of phenols is 1. The summed E-state index contributed by atoms with van der Waals surface area (Å²) in [6, 6.07) is 5.66. The standard InChI is InChI=1S/C12H16ClNO2/c1-16-9-5-8(6-9)14-7-10-11(13)3-2-4-12(10)15/h2-4,8-9,14-15H,5-7H2,1H3. The molecule has 0 spiro atoms. The fourth-order valence-corrected chi connectivity index (χ4v) is 2.13. The molecule has 0 atom stereocenters. The van der Waals surface area contributed by atoms with Gasteiger partial charge in [0, 0.05) is 30.3 Å². The van der Waals surface area contributed by atoms with Crippen LogP contribution in [0.4, 0.5) is 0 Å². The van der Waals surface area contributed by atoms with Gasteiger partial charge in [0.05, 0.1) is 6.10 Å². The van der Waals surface area contributed by atoms with Gasteiger partial charge in [0.1, 0.15) is 5.75 Å². The summed E-state index contributed by atoms with van der Waals surface area (Å²) in [4.78, 5) is 0. The Bertz CT molecular complexity index is 344. The van der Waals surface area contributed by atoms with Crippen LogP contribution in [0.3, 0.4) is 0 Å². The minimum atomic E-state index is 0.252. The molecule has 1 saturated carbocycles. The zero-order valence-corrected chi connectivity index (χ0v) is 10.00. The number of ether oxygens (including phenoxy) is 1. The van der Waals surface area contributed by atoms with Crippen LogP contribution in [-0.4, -0.2) is 24.4 Å². The maximum absolute atomic E-state index is 9.64. The molecule has 0 bridgehead atoms. The van der Waals surface area contributed by atoms with Crippen molar-refractivity contribution in [3.8, 4) is 5.75 Å². The van der Waals surface area contributed by atoms with Crippen LogP contribution in [0.2, 0.25) is 5.02 Å². The van der Waals surface area contributed by atoms with Crippen LogP contribution in [0.5, 0.6) is 5.75 Å². The van der Waals surface area contributed by atoms with Gasteiger partial charge < -0.3 is 15.2 Å². The van der Waals surface area contributed by atoms with E-state index < -0.39 is 0 Å². The quantitative estimate of drug-likeness (QED) is 0.850. The Morgan fingerprint density at radius 2 is 2.25 bits per heavy atom. The first kappa shape index (κ1) is 11.7. The van der Waals surface area contributed by atoms with Crippen molar-refractivity contribution in [3.05, 3.63) is 28.8 Å². The molecule has 0 radical (unpaired) electrons. The Morgan fingerprint density at radius 3 is 2.88 bits per heavy atom. The molecular weight excluding hydrogens is 226 g/mol. The van der Waals surface area contributed by atoms with E-state index in [4.69, 9.17) is 16.3 Å². The maximum Gasteiger partial charge on any atom is 0.121 e. The van der Waals surface area contributed by atoms with Gasteiger partial charge in [0.15, 0.2) is 0 Å². The minimum Gasteiger partial charge on any atom is -0.508 e. The van der Waals surface area contributed by atoms with Crippen molar-refractivity contribution < 1.29 is 9.84 Å². The molecule has 3 nitrogen and oxygen atoms in total. The predicted molar refractivity (Wildman–Crippen MR) is 63.8 cm³/mol. The molecule has 88 valence electrons. The van der Waals surface area contributed by atoms with Crippen LogP contribution >= 0.6 is 11.6 Å². The molecular formula is C12H16ClNO2. The highest BCUT2D eigenvalue weighted by Gasteiger charge is 2.28. The number of phenolic OH excluding ortho intramolecular Hbond substituents is 1. The molecule has 0 saturated heterocycles. The highest BCUT2D eigenvalue weighted by Crippen LogP contribution is 2.27. The molecule has 0 amide bonds. The summed E-state index contributed by atoms with van der Waals surface area (Å²) >= 11 is 6.01. The SMILES string of the molecule is COC1CC(NCc2c(O)cccc2Cl)C1. The summed E-state index contributed by atoms with van der Waals surface area (Å²) in [7, 11) is 1.74. The zero-order chi connectivity index (χ0) is 11.5. The number of hydrogen-bond donors (Lipinski definition) is 2. The van der Waals surface area contributed by atoms with E-state index in [1.54, 1.807) is 25.3 Å². The average molecular weight is 242 g/mol.